The predicted molar refractivity (Wildman–Crippen MR) is 193 cm³/mol. The van der Waals surface area contributed by atoms with E-state index in [1.807, 2.05) is 0 Å². The molecule has 0 bridgehead atoms. The lowest BCUT2D eigenvalue weighted by atomic mass is 10.2. The summed E-state index contributed by atoms with van der Waals surface area (Å²) < 4.78 is 42.7. The quantitative estimate of drug-likeness (QED) is 0.0481. The van der Waals surface area contributed by atoms with Gasteiger partial charge in [0.15, 0.2) is 16.3 Å². The van der Waals surface area contributed by atoms with Crippen molar-refractivity contribution in [3.8, 4) is 0 Å². The van der Waals surface area contributed by atoms with E-state index in [1.54, 1.807) is 16.7 Å². The van der Waals surface area contributed by atoms with Gasteiger partial charge in [0.05, 0.1) is 66.0 Å². The van der Waals surface area contributed by atoms with Gasteiger partial charge in [0.25, 0.3) is 5.56 Å². The Kier molecular flexibility index (Phi) is 20.5. The minimum absolute atomic E-state index is 0.0607. The zero-order valence-corrected chi connectivity index (χ0v) is 30.5. The number of nitrogen functional groups attached to an aromatic ring is 1. The molecule has 0 aliphatic carbocycles. The van der Waals surface area contributed by atoms with Crippen LogP contribution in [0.4, 0.5) is 10.3 Å². The Balaban J connectivity index is 1.30. The SMILES string of the molecule is CC(=O)NC(CSc1nc2c(=O)[nH]c(N)nc2n1Cc1ccc(F)cc1)C(=O)NCCOCCOCCOCCOCCOCCCCCCCl. The number of aromatic amines is 1. The van der Waals surface area contributed by atoms with Gasteiger partial charge in [-0.05, 0) is 30.5 Å². The molecule has 0 fully saturated rings. The third-order valence-electron chi connectivity index (χ3n) is 7.12. The minimum Gasteiger partial charge on any atom is -0.379 e. The van der Waals surface area contributed by atoms with Crippen molar-refractivity contribution in [2.75, 3.05) is 90.0 Å². The maximum Gasteiger partial charge on any atom is 0.280 e. The highest BCUT2D eigenvalue weighted by Crippen LogP contribution is 2.24. The molecule has 2 amide bonds. The van der Waals surface area contributed by atoms with E-state index in [4.69, 9.17) is 41.0 Å². The average Bonchev–Trinajstić information content (AvgIpc) is 3.44. The van der Waals surface area contributed by atoms with Crippen LogP contribution >= 0.6 is 23.4 Å². The molecule has 0 saturated carbocycles. The molecule has 18 heteroatoms. The van der Waals surface area contributed by atoms with Crippen LogP contribution in [0.25, 0.3) is 11.2 Å². The van der Waals surface area contributed by atoms with Crippen LogP contribution in [0.3, 0.4) is 0 Å². The number of hydrogen-bond acceptors (Lipinski definition) is 12. The molecule has 0 spiro atoms. The molecule has 284 valence electrons. The lowest BCUT2D eigenvalue weighted by Gasteiger charge is -2.17. The topological polar surface area (TPSA) is 194 Å². The van der Waals surface area contributed by atoms with E-state index < -0.39 is 23.4 Å². The monoisotopic (exact) mass is 757 g/mol. The second-order valence-electron chi connectivity index (χ2n) is 11.3. The van der Waals surface area contributed by atoms with Crippen LogP contribution in [0.5, 0.6) is 0 Å². The van der Waals surface area contributed by atoms with Crippen molar-refractivity contribution in [3.05, 3.63) is 46.0 Å². The van der Waals surface area contributed by atoms with Gasteiger partial charge >= 0.3 is 0 Å². The number of alkyl halides is 1. The van der Waals surface area contributed by atoms with Gasteiger partial charge in [-0.25, -0.2) is 9.37 Å². The molecule has 0 saturated heterocycles. The number of carbonyl (C=O) groups excluding carboxylic acids is 2. The van der Waals surface area contributed by atoms with Crippen molar-refractivity contribution >= 4 is 52.3 Å². The number of halogens is 2. The summed E-state index contributed by atoms with van der Waals surface area (Å²) in [5.41, 5.74) is 6.29. The van der Waals surface area contributed by atoms with Crippen LogP contribution in [0.15, 0.2) is 34.2 Å². The zero-order valence-electron chi connectivity index (χ0n) is 29.0. The van der Waals surface area contributed by atoms with Crippen molar-refractivity contribution in [1.29, 1.82) is 0 Å². The predicted octanol–water partition coefficient (Wildman–Crippen LogP) is 2.48. The maximum atomic E-state index is 13.5. The molecule has 0 aliphatic heterocycles. The van der Waals surface area contributed by atoms with E-state index in [-0.39, 0.29) is 48.4 Å². The maximum absolute atomic E-state index is 13.5. The number of fused-ring (bicyclic) bond motifs is 1. The van der Waals surface area contributed by atoms with Crippen LogP contribution in [-0.4, -0.2) is 122 Å². The number of nitrogens with one attached hydrogen (secondary N) is 3. The number of anilines is 1. The first kappa shape index (κ1) is 42.1. The van der Waals surface area contributed by atoms with Crippen molar-refractivity contribution in [2.24, 2.45) is 0 Å². The summed E-state index contributed by atoms with van der Waals surface area (Å²) in [5.74, 6) is -0.467. The van der Waals surface area contributed by atoms with Crippen molar-refractivity contribution in [3.63, 3.8) is 0 Å². The molecule has 0 aliphatic rings. The molecule has 15 nitrogen and oxygen atoms in total. The normalized spacial score (nSPS) is 12.0. The number of thioether (sulfide) groups is 1. The molecule has 2 heterocycles. The summed E-state index contributed by atoms with van der Waals surface area (Å²) in [6, 6.07) is 4.95. The Bertz CT molecular complexity index is 1510. The van der Waals surface area contributed by atoms with Crippen molar-refractivity contribution < 1.29 is 37.7 Å². The van der Waals surface area contributed by atoms with Crippen LogP contribution in [0.1, 0.15) is 38.2 Å². The molecule has 0 radical (unpaired) electrons. The van der Waals surface area contributed by atoms with Crippen molar-refractivity contribution in [1.82, 2.24) is 30.2 Å². The summed E-state index contributed by atoms with van der Waals surface area (Å²) in [5, 5.41) is 5.78. The van der Waals surface area contributed by atoms with E-state index >= 15 is 0 Å². The zero-order chi connectivity index (χ0) is 36.7. The molecule has 51 heavy (non-hydrogen) atoms. The molecule has 1 unspecified atom stereocenters. The van der Waals surface area contributed by atoms with Gasteiger partial charge in [0.2, 0.25) is 17.8 Å². The average molecular weight is 758 g/mol. The number of unbranched alkanes of at least 4 members (excludes halogenated alkanes) is 3. The molecule has 1 atom stereocenters. The van der Waals surface area contributed by atoms with E-state index in [9.17, 15) is 18.8 Å². The van der Waals surface area contributed by atoms with Gasteiger partial charge in [-0.2, -0.15) is 4.98 Å². The summed E-state index contributed by atoms with van der Waals surface area (Å²) in [4.78, 5) is 48.5. The number of nitrogens with zero attached hydrogens (tertiary/aromatic N) is 3. The number of rotatable bonds is 28. The number of benzene rings is 1. The van der Waals surface area contributed by atoms with Gasteiger partial charge in [-0.15, -0.1) is 11.6 Å². The first-order valence-electron chi connectivity index (χ1n) is 16.9. The van der Waals surface area contributed by atoms with E-state index in [0.29, 0.717) is 63.9 Å². The highest BCUT2D eigenvalue weighted by Gasteiger charge is 2.23. The molecule has 1 aromatic carbocycles. The molecule has 3 rings (SSSR count). The first-order chi connectivity index (χ1) is 24.8. The Hall–Kier alpha value is -3.32. The number of carbonyl (C=O) groups is 2. The summed E-state index contributed by atoms with van der Waals surface area (Å²) in [6.07, 6.45) is 4.37. The molecular weight excluding hydrogens is 709 g/mol. The Labute approximate surface area is 305 Å². The highest BCUT2D eigenvalue weighted by molar-refractivity contribution is 7.99. The lowest BCUT2D eigenvalue weighted by molar-refractivity contribution is -0.127. The van der Waals surface area contributed by atoms with Gasteiger partial charge in [-0.3, -0.25) is 23.9 Å². The molecule has 3 aromatic rings. The number of H-pyrrole nitrogens is 1. The first-order valence-corrected chi connectivity index (χ1v) is 18.4. The molecule has 5 N–H and O–H groups in total. The molecule has 2 aromatic heterocycles. The second kappa shape index (κ2) is 24.8. The number of aromatic nitrogens is 4. The number of nitrogens with two attached hydrogens (primary N) is 1. The largest absolute Gasteiger partial charge is 0.379 e. The molecular formula is C33H49ClFN7O8S. The third kappa shape index (κ3) is 16.7. The highest BCUT2D eigenvalue weighted by atomic mass is 35.5. The summed E-state index contributed by atoms with van der Waals surface area (Å²) in [7, 11) is 0. The van der Waals surface area contributed by atoms with Gasteiger partial charge in [0.1, 0.15) is 11.9 Å². The van der Waals surface area contributed by atoms with E-state index in [2.05, 4.69) is 25.6 Å². The summed E-state index contributed by atoms with van der Waals surface area (Å²) in [6.45, 7) is 6.33. The van der Waals surface area contributed by atoms with Crippen LogP contribution in [0.2, 0.25) is 0 Å². The van der Waals surface area contributed by atoms with Crippen LogP contribution < -0.4 is 21.9 Å². The van der Waals surface area contributed by atoms with Crippen LogP contribution in [0, 0.1) is 5.82 Å². The number of imidazole rings is 1. The standard InChI is InChI=1S/C33H49ClFN7O8S/c1-24(43)38-27(23-51-33-39-28-29(40-32(36)41-31(28)45)42(33)22-25-6-8-26(35)9-7-25)30(44)37-11-13-47-15-17-49-19-21-50-20-18-48-16-14-46-12-5-3-2-4-10-34/h6-9,27H,2-5,10-23H2,1H3,(H,37,44)(H,38,43)(H3,36,40,41,45). The van der Waals surface area contributed by atoms with Crippen molar-refractivity contribution in [2.45, 2.75) is 50.4 Å². The smallest absolute Gasteiger partial charge is 0.280 e. The number of amides is 2. The Morgan fingerprint density at radius 2 is 1.49 bits per heavy atom. The lowest BCUT2D eigenvalue weighted by Crippen LogP contribution is -2.48. The Morgan fingerprint density at radius 3 is 2.10 bits per heavy atom. The van der Waals surface area contributed by atoms with E-state index in [1.165, 1.54) is 19.1 Å². The summed E-state index contributed by atoms with van der Waals surface area (Å²) >= 11 is 6.81. The fraction of sp³-hybridized carbons (Fsp3) is 0.606. The van der Waals surface area contributed by atoms with E-state index in [0.717, 1.165) is 49.6 Å². The Morgan fingerprint density at radius 1 is 0.902 bits per heavy atom. The fourth-order valence-electron chi connectivity index (χ4n) is 4.62. The number of ether oxygens (including phenoxy) is 5. The second-order valence-corrected chi connectivity index (χ2v) is 12.6. The van der Waals surface area contributed by atoms with Gasteiger partial charge < -0.3 is 40.1 Å². The fourth-order valence-corrected chi connectivity index (χ4v) is 5.82. The van der Waals surface area contributed by atoms with Gasteiger partial charge in [0, 0.05) is 31.7 Å². The van der Waals surface area contributed by atoms with Gasteiger partial charge in [-0.1, -0.05) is 36.7 Å². The third-order valence-corrected chi connectivity index (χ3v) is 8.46. The van der Waals surface area contributed by atoms with Crippen LogP contribution in [-0.2, 0) is 39.8 Å². The minimum atomic E-state index is -0.911. The number of hydrogen-bond donors (Lipinski definition) is 4.